The molecule has 4 aromatic heterocycles. The van der Waals surface area contributed by atoms with Gasteiger partial charge < -0.3 is 0 Å². The summed E-state index contributed by atoms with van der Waals surface area (Å²) in [6, 6.07) is 12.1. The van der Waals surface area contributed by atoms with Crippen LogP contribution in [-0.4, -0.2) is 25.8 Å². The zero-order chi connectivity index (χ0) is 26.5. The molecular weight excluding hydrogens is 512 g/mol. The summed E-state index contributed by atoms with van der Waals surface area (Å²) in [4.78, 5) is 23.8. The summed E-state index contributed by atoms with van der Waals surface area (Å²) in [5.74, 6) is 1.39. The minimum atomic E-state index is -0.0660. The lowest BCUT2D eigenvalue weighted by atomic mass is 10.0. The third-order valence-corrected chi connectivity index (χ3v) is 10.5. The second-order valence-electron chi connectivity index (χ2n) is 10.7. The van der Waals surface area contributed by atoms with E-state index in [2.05, 4.69) is 64.0 Å². The van der Waals surface area contributed by atoms with Crippen molar-refractivity contribution in [3.8, 4) is 32.3 Å². The third-order valence-electron chi connectivity index (χ3n) is 7.37. The molecule has 7 rings (SSSR count). The van der Waals surface area contributed by atoms with E-state index in [9.17, 15) is 4.79 Å². The Hall–Kier alpha value is -3.62. The summed E-state index contributed by atoms with van der Waals surface area (Å²) < 4.78 is 7.17. The fraction of sp³-hybridized carbons (Fsp3) is 0.267. The smallest absolute Gasteiger partial charge is 0.264 e. The number of nitrogens with zero attached hydrogens (tertiary/aromatic N) is 4. The van der Waals surface area contributed by atoms with Crippen LogP contribution in [0.25, 0.3) is 54.3 Å². The summed E-state index contributed by atoms with van der Waals surface area (Å²) in [7, 11) is 0. The molecule has 1 aliphatic rings. The van der Waals surface area contributed by atoms with Crippen molar-refractivity contribution >= 4 is 50.6 Å². The molecule has 0 saturated heterocycles. The monoisotopic (exact) mass is 538 g/mol. The van der Waals surface area contributed by atoms with Crippen molar-refractivity contribution in [2.45, 2.75) is 53.4 Å². The van der Waals surface area contributed by atoms with Gasteiger partial charge in [0, 0.05) is 30.6 Å². The highest BCUT2D eigenvalue weighted by molar-refractivity contribution is 7.16. The molecule has 0 unspecified atom stereocenters. The van der Waals surface area contributed by atoms with Crippen molar-refractivity contribution in [1.82, 2.24) is 19.9 Å². The molecule has 8 heteroatoms. The molecule has 0 spiro atoms. The Labute approximate surface area is 227 Å². The van der Waals surface area contributed by atoms with Crippen LogP contribution in [0.15, 0.2) is 41.0 Å². The molecule has 1 aliphatic heterocycles. The molecule has 0 fully saturated rings. The highest BCUT2D eigenvalue weighted by atomic mass is 32.1. The second kappa shape index (κ2) is 8.19. The number of carbonyl (C=O) groups is 1. The van der Waals surface area contributed by atoms with E-state index in [1.165, 1.54) is 20.9 Å². The number of thiophene rings is 2. The van der Waals surface area contributed by atoms with Crippen molar-refractivity contribution in [1.29, 1.82) is 0 Å². The van der Waals surface area contributed by atoms with Gasteiger partial charge in [-0.25, -0.2) is 9.61 Å². The fourth-order valence-corrected chi connectivity index (χ4v) is 8.23. The summed E-state index contributed by atoms with van der Waals surface area (Å²) in [5.41, 5.74) is 8.60. The van der Waals surface area contributed by atoms with Gasteiger partial charge in [0.15, 0.2) is 0 Å². The molecule has 0 saturated carbocycles. The number of hydrogen-bond acceptors (Lipinski definition) is 7. The van der Waals surface area contributed by atoms with Gasteiger partial charge in [0.25, 0.3) is 5.91 Å². The van der Waals surface area contributed by atoms with Crippen LogP contribution >= 0.6 is 22.7 Å². The molecule has 0 amide bonds. The zero-order valence-electron chi connectivity index (χ0n) is 22.0. The predicted octanol–water partition coefficient (Wildman–Crippen LogP) is 8.56. The Morgan fingerprint density at radius 2 is 1.34 bits per heavy atom. The van der Waals surface area contributed by atoms with Gasteiger partial charge in [-0.15, -0.1) is 22.7 Å². The number of aromatic nitrogens is 4. The van der Waals surface area contributed by atoms with E-state index in [0.29, 0.717) is 34.3 Å². The molecule has 0 bridgehead atoms. The summed E-state index contributed by atoms with van der Waals surface area (Å²) >= 11 is 3.49. The normalized spacial score (nSPS) is 13.0. The van der Waals surface area contributed by atoms with E-state index in [1.807, 2.05) is 24.3 Å². The van der Waals surface area contributed by atoms with Crippen molar-refractivity contribution in [3.05, 3.63) is 62.8 Å². The van der Waals surface area contributed by atoms with Gasteiger partial charge in [-0.2, -0.15) is 0 Å². The van der Waals surface area contributed by atoms with Crippen LogP contribution in [0, 0.1) is 13.8 Å². The van der Waals surface area contributed by atoms with Crippen LogP contribution in [0.2, 0.25) is 0 Å². The van der Waals surface area contributed by atoms with Crippen LogP contribution < -0.4 is 0 Å². The Balaban J connectivity index is 1.66. The number of aryl methyl sites for hydroxylation is 2. The third kappa shape index (κ3) is 3.10. The Morgan fingerprint density at radius 3 is 1.92 bits per heavy atom. The molecule has 38 heavy (non-hydrogen) atoms. The maximum atomic E-state index is 13.9. The molecule has 0 radical (unpaired) electrons. The van der Waals surface area contributed by atoms with Gasteiger partial charge in [-0.3, -0.25) is 9.36 Å². The van der Waals surface area contributed by atoms with E-state index in [0.717, 1.165) is 37.5 Å². The van der Waals surface area contributed by atoms with Crippen LogP contribution in [-0.2, 0) is 0 Å². The Kier molecular flexibility index (Phi) is 5.06. The summed E-state index contributed by atoms with van der Waals surface area (Å²) in [6.07, 6.45) is 0. The van der Waals surface area contributed by atoms with Gasteiger partial charge in [-0.1, -0.05) is 45.9 Å². The molecule has 6 aromatic rings. The van der Waals surface area contributed by atoms with E-state index < -0.39 is 0 Å². The maximum absolute atomic E-state index is 13.9. The summed E-state index contributed by atoms with van der Waals surface area (Å²) in [5, 5.41) is 8.85. The quantitative estimate of drug-likeness (QED) is 0.224. The maximum Gasteiger partial charge on any atom is 0.264 e. The number of benzene rings is 2. The summed E-state index contributed by atoms with van der Waals surface area (Å²) in [6.45, 7) is 13.1. The Morgan fingerprint density at radius 1 is 0.789 bits per heavy atom. The molecule has 0 atom stereocenters. The van der Waals surface area contributed by atoms with Gasteiger partial charge in [0.05, 0.1) is 16.6 Å². The topological polar surface area (TPSA) is 73.8 Å². The molecule has 5 heterocycles. The minimum Gasteiger partial charge on any atom is -0.268 e. The molecule has 6 nitrogen and oxygen atoms in total. The largest absolute Gasteiger partial charge is 0.268 e. The lowest BCUT2D eigenvalue weighted by Gasteiger charge is -2.09. The van der Waals surface area contributed by atoms with Crippen LogP contribution in [0.4, 0.5) is 0 Å². The van der Waals surface area contributed by atoms with E-state index >= 15 is 0 Å². The number of imidazole rings is 1. The SMILES string of the molecule is Cc1cc(-c2c3nonc3c(-c3cc(C)c(C(C)C)s3)c3c2nc2n3C(=O)c3ccccc3-2)sc1C(C)C. The van der Waals surface area contributed by atoms with Crippen molar-refractivity contribution in [2.24, 2.45) is 0 Å². The molecule has 190 valence electrons. The molecule has 0 aliphatic carbocycles. The molecular formula is C30H26N4O2S2. The van der Waals surface area contributed by atoms with Gasteiger partial charge in [-0.05, 0) is 65.3 Å². The lowest BCUT2D eigenvalue weighted by Crippen LogP contribution is -2.06. The highest BCUT2D eigenvalue weighted by Crippen LogP contribution is 2.50. The molecule has 0 N–H and O–H groups in total. The number of hydrogen-bond donors (Lipinski definition) is 0. The minimum absolute atomic E-state index is 0.0660. The second-order valence-corrected chi connectivity index (χ2v) is 12.8. The number of carbonyl (C=O) groups excluding carboxylic acids is 1. The zero-order valence-corrected chi connectivity index (χ0v) is 23.7. The van der Waals surface area contributed by atoms with Crippen molar-refractivity contribution in [3.63, 3.8) is 0 Å². The van der Waals surface area contributed by atoms with Crippen LogP contribution in [0.1, 0.15) is 70.8 Å². The standard InChI is InChI=1S/C30H26N4O2S2/c1-13(2)27-15(5)11-19(37-27)21-23-24(33-36-32-23)22(20-12-16(6)28(38-20)14(3)4)26-25(21)31-29-17-9-7-8-10-18(17)30(35)34(26)29/h7-14H,1-6H3. The first-order valence-electron chi connectivity index (χ1n) is 12.8. The van der Waals surface area contributed by atoms with E-state index in [-0.39, 0.29) is 5.91 Å². The number of rotatable bonds is 4. The fourth-order valence-electron chi connectivity index (χ4n) is 5.78. The lowest BCUT2D eigenvalue weighted by molar-refractivity contribution is 0.0973. The average molecular weight is 539 g/mol. The first-order chi connectivity index (χ1) is 18.3. The van der Waals surface area contributed by atoms with Crippen LogP contribution in [0.5, 0.6) is 0 Å². The first kappa shape index (κ1) is 23.5. The van der Waals surface area contributed by atoms with Gasteiger partial charge in [0.1, 0.15) is 22.4 Å². The average Bonchev–Trinajstić information content (AvgIpc) is 3.68. The highest BCUT2D eigenvalue weighted by Gasteiger charge is 2.35. The van der Waals surface area contributed by atoms with E-state index in [4.69, 9.17) is 9.61 Å². The molecule has 2 aromatic carbocycles. The van der Waals surface area contributed by atoms with Gasteiger partial charge in [0.2, 0.25) is 0 Å². The van der Waals surface area contributed by atoms with Crippen molar-refractivity contribution in [2.75, 3.05) is 0 Å². The van der Waals surface area contributed by atoms with Crippen LogP contribution in [0.3, 0.4) is 0 Å². The number of fused-ring (bicyclic) bond motifs is 6. The van der Waals surface area contributed by atoms with Crippen molar-refractivity contribution < 1.29 is 9.42 Å². The van der Waals surface area contributed by atoms with Gasteiger partial charge >= 0.3 is 0 Å². The Bertz CT molecular complexity index is 1930. The first-order valence-corrected chi connectivity index (χ1v) is 14.5. The predicted molar refractivity (Wildman–Crippen MR) is 155 cm³/mol. The van der Waals surface area contributed by atoms with E-state index in [1.54, 1.807) is 27.2 Å².